The van der Waals surface area contributed by atoms with Gasteiger partial charge in [-0.2, -0.15) is 5.26 Å². The number of nitriles is 1. The van der Waals surface area contributed by atoms with E-state index >= 15 is 0 Å². The van der Waals surface area contributed by atoms with E-state index in [4.69, 9.17) is 5.26 Å². The van der Waals surface area contributed by atoms with Gasteiger partial charge in [0.2, 0.25) is 0 Å². The minimum absolute atomic E-state index is 0.321. The van der Waals surface area contributed by atoms with Gasteiger partial charge >= 0.3 is 0 Å². The van der Waals surface area contributed by atoms with Crippen LogP contribution in [0, 0.1) is 17.1 Å². The first-order chi connectivity index (χ1) is 8.79. The van der Waals surface area contributed by atoms with Gasteiger partial charge in [0.25, 0.3) is 0 Å². The monoisotopic (exact) mass is 239 g/mol. The van der Waals surface area contributed by atoms with Crippen LogP contribution in [0.1, 0.15) is 5.56 Å². The molecule has 0 bridgehead atoms. The maximum atomic E-state index is 13.6. The van der Waals surface area contributed by atoms with Crippen LogP contribution in [-0.4, -0.2) is 19.6 Å². The highest BCUT2D eigenvalue weighted by Crippen LogP contribution is 2.20. The van der Waals surface area contributed by atoms with Crippen molar-refractivity contribution < 1.29 is 4.39 Å². The number of nitrogens with zero attached hydrogens (tertiary/aromatic N) is 5. The fourth-order valence-electron chi connectivity index (χ4n) is 1.70. The van der Waals surface area contributed by atoms with Crippen LogP contribution in [0.4, 0.5) is 4.39 Å². The van der Waals surface area contributed by atoms with Crippen molar-refractivity contribution in [2.75, 3.05) is 0 Å². The van der Waals surface area contributed by atoms with Gasteiger partial charge in [0.15, 0.2) is 17.3 Å². The minimum atomic E-state index is -0.462. The van der Waals surface area contributed by atoms with Crippen LogP contribution in [0.15, 0.2) is 36.8 Å². The van der Waals surface area contributed by atoms with Crippen molar-refractivity contribution in [1.29, 1.82) is 5.26 Å². The van der Waals surface area contributed by atoms with E-state index in [1.165, 1.54) is 12.3 Å². The van der Waals surface area contributed by atoms with E-state index in [0.717, 1.165) is 6.20 Å². The highest BCUT2D eigenvalue weighted by atomic mass is 19.1. The van der Waals surface area contributed by atoms with Gasteiger partial charge in [0.1, 0.15) is 0 Å². The summed E-state index contributed by atoms with van der Waals surface area (Å²) in [4.78, 5) is 3.69. The number of hydrogen-bond donors (Lipinski definition) is 0. The first-order valence-corrected chi connectivity index (χ1v) is 5.14. The molecule has 5 nitrogen and oxygen atoms in total. The molecule has 0 atom stereocenters. The van der Waals surface area contributed by atoms with Crippen LogP contribution >= 0.6 is 0 Å². The van der Waals surface area contributed by atoms with E-state index in [2.05, 4.69) is 15.2 Å². The molecule has 18 heavy (non-hydrogen) atoms. The Hall–Kier alpha value is -2.81. The van der Waals surface area contributed by atoms with Crippen molar-refractivity contribution in [1.82, 2.24) is 19.6 Å². The van der Waals surface area contributed by atoms with Crippen LogP contribution in [0.2, 0.25) is 0 Å². The smallest absolute Gasteiger partial charge is 0.171 e. The summed E-state index contributed by atoms with van der Waals surface area (Å²) < 4.78 is 15.3. The first kappa shape index (κ1) is 10.4. The number of hydrogen-bond acceptors (Lipinski definition) is 4. The minimum Gasteiger partial charge on any atom is -0.282 e. The number of fused-ring (bicyclic) bond motifs is 1. The Morgan fingerprint density at radius 1 is 1.28 bits per heavy atom. The summed E-state index contributed by atoms with van der Waals surface area (Å²) in [6.07, 6.45) is 4.26. The number of aromatic nitrogens is 4. The topological polar surface area (TPSA) is 66.9 Å². The first-order valence-electron chi connectivity index (χ1n) is 5.14. The molecule has 0 fully saturated rings. The van der Waals surface area contributed by atoms with Gasteiger partial charge in [-0.25, -0.2) is 4.39 Å². The van der Waals surface area contributed by atoms with Crippen LogP contribution in [0.25, 0.3) is 17.0 Å². The van der Waals surface area contributed by atoms with E-state index in [9.17, 15) is 4.39 Å². The summed E-state index contributed by atoms with van der Waals surface area (Å²) in [6.45, 7) is 0. The average Bonchev–Trinajstić information content (AvgIpc) is 2.82. The Morgan fingerprint density at radius 2 is 2.17 bits per heavy atom. The van der Waals surface area contributed by atoms with Crippen LogP contribution < -0.4 is 0 Å². The summed E-state index contributed by atoms with van der Waals surface area (Å²) in [5.74, 6) is -0.0782. The predicted molar refractivity (Wildman–Crippen MR) is 60.9 cm³/mol. The van der Waals surface area contributed by atoms with E-state index < -0.39 is 5.82 Å². The lowest BCUT2D eigenvalue weighted by Crippen LogP contribution is -1.93. The molecule has 0 spiro atoms. The fraction of sp³-hybridized carbons (Fsp3) is 0. The molecule has 0 saturated carbocycles. The average molecular weight is 239 g/mol. The number of rotatable bonds is 1. The molecule has 3 rings (SSSR count). The lowest BCUT2D eigenvalue weighted by Gasteiger charge is -2.00. The second kappa shape index (κ2) is 3.89. The zero-order chi connectivity index (χ0) is 12.5. The maximum absolute atomic E-state index is 13.6. The van der Waals surface area contributed by atoms with Gasteiger partial charge in [-0.05, 0) is 12.1 Å². The Kier molecular flexibility index (Phi) is 2.24. The summed E-state index contributed by atoms with van der Waals surface area (Å²) in [5, 5.41) is 16.6. The SMILES string of the molecule is N#Cc1ccn2c(-c3ccncc3F)nnc2c1. The largest absolute Gasteiger partial charge is 0.282 e. The highest BCUT2D eigenvalue weighted by Gasteiger charge is 2.12. The molecule has 6 heteroatoms. The van der Waals surface area contributed by atoms with E-state index in [1.54, 1.807) is 22.7 Å². The molecule has 0 saturated heterocycles. The Bertz CT molecular complexity index is 771. The van der Waals surface area contributed by atoms with Gasteiger partial charge in [-0.3, -0.25) is 9.38 Å². The fourth-order valence-corrected chi connectivity index (χ4v) is 1.70. The van der Waals surface area contributed by atoms with Crippen molar-refractivity contribution in [3.63, 3.8) is 0 Å². The molecule has 0 amide bonds. The third kappa shape index (κ3) is 1.50. The third-order valence-electron chi connectivity index (χ3n) is 2.55. The molecule has 3 aromatic rings. The zero-order valence-corrected chi connectivity index (χ0v) is 9.08. The molecule has 0 radical (unpaired) electrons. The van der Waals surface area contributed by atoms with E-state index in [1.807, 2.05) is 6.07 Å². The second-order valence-corrected chi connectivity index (χ2v) is 3.63. The Morgan fingerprint density at radius 3 is 2.94 bits per heavy atom. The van der Waals surface area contributed by atoms with Crippen LogP contribution in [0.3, 0.4) is 0 Å². The molecule has 0 aromatic carbocycles. The van der Waals surface area contributed by atoms with Crippen molar-refractivity contribution in [2.24, 2.45) is 0 Å². The van der Waals surface area contributed by atoms with Crippen molar-refractivity contribution in [3.05, 3.63) is 48.2 Å². The second-order valence-electron chi connectivity index (χ2n) is 3.63. The molecular formula is C12H6FN5. The summed E-state index contributed by atoms with van der Waals surface area (Å²) in [6, 6.07) is 6.76. The van der Waals surface area contributed by atoms with Crippen molar-refractivity contribution >= 4 is 5.65 Å². The standard InChI is InChI=1S/C12H6FN5/c13-10-7-15-3-1-9(10)12-17-16-11-5-8(6-14)2-4-18(11)12/h1-5,7H. The summed E-state index contributed by atoms with van der Waals surface area (Å²) >= 11 is 0. The molecule has 3 aromatic heterocycles. The van der Waals surface area contributed by atoms with Crippen molar-refractivity contribution in [3.8, 4) is 17.5 Å². The van der Waals surface area contributed by atoms with E-state index in [0.29, 0.717) is 22.6 Å². The zero-order valence-electron chi connectivity index (χ0n) is 9.08. The van der Waals surface area contributed by atoms with Gasteiger partial charge < -0.3 is 0 Å². The predicted octanol–water partition coefficient (Wildman–Crippen LogP) is 1.80. The molecule has 3 heterocycles. The van der Waals surface area contributed by atoms with Gasteiger partial charge in [0, 0.05) is 18.5 Å². The van der Waals surface area contributed by atoms with Gasteiger partial charge in [-0.15, -0.1) is 10.2 Å². The maximum Gasteiger partial charge on any atom is 0.171 e. The van der Waals surface area contributed by atoms with Crippen LogP contribution in [0.5, 0.6) is 0 Å². The van der Waals surface area contributed by atoms with Gasteiger partial charge in [-0.1, -0.05) is 0 Å². The van der Waals surface area contributed by atoms with Crippen molar-refractivity contribution in [2.45, 2.75) is 0 Å². The third-order valence-corrected chi connectivity index (χ3v) is 2.55. The molecule has 0 aliphatic rings. The lowest BCUT2D eigenvalue weighted by molar-refractivity contribution is 0.623. The molecule has 86 valence electrons. The highest BCUT2D eigenvalue weighted by molar-refractivity contribution is 5.60. The molecule has 0 N–H and O–H groups in total. The Labute approximate surface area is 101 Å². The number of pyridine rings is 2. The Balaban J connectivity index is 2.26. The molecular weight excluding hydrogens is 233 g/mol. The lowest BCUT2D eigenvalue weighted by atomic mass is 10.2. The van der Waals surface area contributed by atoms with Crippen LogP contribution in [-0.2, 0) is 0 Å². The summed E-state index contributed by atoms with van der Waals surface area (Å²) in [7, 11) is 0. The van der Waals surface area contributed by atoms with E-state index in [-0.39, 0.29) is 0 Å². The van der Waals surface area contributed by atoms with Gasteiger partial charge in [0.05, 0.1) is 23.4 Å². The molecule has 0 aliphatic heterocycles. The normalized spacial score (nSPS) is 10.4. The molecule has 0 unspecified atom stereocenters. The number of halogens is 1. The summed E-state index contributed by atoms with van der Waals surface area (Å²) in [5.41, 5.74) is 1.30. The quantitative estimate of drug-likeness (QED) is 0.649. The molecule has 0 aliphatic carbocycles.